The van der Waals surface area contributed by atoms with Crippen LogP contribution in [0.4, 0.5) is 18.9 Å². The summed E-state index contributed by atoms with van der Waals surface area (Å²) in [6.07, 6.45) is -4.73. The van der Waals surface area contributed by atoms with E-state index in [-0.39, 0.29) is 30.0 Å². The van der Waals surface area contributed by atoms with E-state index in [0.717, 1.165) is 12.1 Å². The maximum Gasteiger partial charge on any atom is 0.573 e. The number of alkyl halides is 3. The van der Waals surface area contributed by atoms with Gasteiger partial charge in [-0.2, -0.15) is 0 Å². The largest absolute Gasteiger partial charge is 0.573 e. The molecule has 0 radical (unpaired) electrons. The second-order valence-corrected chi connectivity index (χ2v) is 4.33. The van der Waals surface area contributed by atoms with E-state index in [1.807, 2.05) is 0 Å². The molecule has 114 valence electrons. The van der Waals surface area contributed by atoms with Gasteiger partial charge in [-0.3, -0.25) is 4.79 Å². The van der Waals surface area contributed by atoms with Crippen LogP contribution < -0.4 is 15.8 Å². The summed E-state index contributed by atoms with van der Waals surface area (Å²) in [6, 6.07) is 4.18. The lowest BCUT2D eigenvalue weighted by molar-refractivity contribution is -0.274. The minimum absolute atomic E-state index is 0. The number of rotatable bonds is 4. The van der Waals surface area contributed by atoms with Crippen molar-refractivity contribution in [2.45, 2.75) is 26.3 Å². The normalized spacial score (nSPS) is 12.6. The Morgan fingerprint density at radius 1 is 1.25 bits per heavy atom. The van der Waals surface area contributed by atoms with Crippen molar-refractivity contribution < 1.29 is 22.7 Å². The molecular formula is C12H16ClF3N2O2. The van der Waals surface area contributed by atoms with Crippen molar-refractivity contribution in [2.75, 3.05) is 5.32 Å². The molecule has 1 rings (SSSR count). The first-order chi connectivity index (χ1) is 8.69. The van der Waals surface area contributed by atoms with Crippen molar-refractivity contribution in [1.82, 2.24) is 0 Å². The highest BCUT2D eigenvalue weighted by Crippen LogP contribution is 2.24. The molecule has 0 saturated carbocycles. The smallest absolute Gasteiger partial charge is 0.406 e. The highest BCUT2D eigenvalue weighted by Gasteiger charge is 2.31. The number of nitrogens with one attached hydrogen (secondary N) is 1. The molecule has 1 aromatic rings. The maximum absolute atomic E-state index is 11.9. The third kappa shape index (κ3) is 6.12. The van der Waals surface area contributed by atoms with Crippen LogP contribution in [0, 0.1) is 5.92 Å². The second-order valence-electron chi connectivity index (χ2n) is 4.33. The van der Waals surface area contributed by atoms with Crippen LogP contribution in [-0.2, 0) is 4.79 Å². The molecule has 0 fully saturated rings. The maximum atomic E-state index is 11.9. The average molecular weight is 313 g/mol. The highest BCUT2D eigenvalue weighted by molar-refractivity contribution is 5.94. The molecule has 0 heterocycles. The molecule has 4 nitrogen and oxygen atoms in total. The predicted molar refractivity (Wildman–Crippen MR) is 71.8 cm³/mol. The summed E-state index contributed by atoms with van der Waals surface area (Å²) in [5, 5.41) is 2.51. The number of carbonyl (C=O) groups is 1. The van der Waals surface area contributed by atoms with Gasteiger partial charge in [0.25, 0.3) is 0 Å². The van der Waals surface area contributed by atoms with E-state index >= 15 is 0 Å². The Bertz CT molecular complexity index is 435. The Hall–Kier alpha value is -1.47. The zero-order chi connectivity index (χ0) is 14.6. The van der Waals surface area contributed by atoms with E-state index in [2.05, 4.69) is 10.1 Å². The number of nitrogens with two attached hydrogens (primary N) is 1. The summed E-state index contributed by atoms with van der Waals surface area (Å²) in [5.41, 5.74) is 5.99. The molecule has 3 N–H and O–H groups in total. The van der Waals surface area contributed by atoms with Crippen LogP contribution in [-0.4, -0.2) is 18.3 Å². The Balaban J connectivity index is 0.00000361. The van der Waals surface area contributed by atoms with Crippen LogP contribution in [0.2, 0.25) is 0 Å². The number of hydrogen-bond acceptors (Lipinski definition) is 3. The van der Waals surface area contributed by atoms with Crippen LogP contribution in [0.15, 0.2) is 24.3 Å². The quantitative estimate of drug-likeness (QED) is 0.898. The Morgan fingerprint density at radius 2 is 1.75 bits per heavy atom. The van der Waals surface area contributed by atoms with Crippen molar-refractivity contribution in [3.8, 4) is 5.75 Å². The van der Waals surface area contributed by atoms with Gasteiger partial charge >= 0.3 is 6.36 Å². The van der Waals surface area contributed by atoms with Gasteiger partial charge in [0.05, 0.1) is 6.04 Å². The van der Waals surface area contributed by atoms with Gasteiger partial charge in [0.2, 0.25) is 5.91 Å². The third-order valence-electron chi connectivity index (χ3n) is 2.38. The lowest BCUT2D eigenvalue weighted by Crippen LogP contribution is -2.39. The number of halogens is 4. The number of ether oxygens (including phenoxy) is 1. The van der Waals surface area contributed by atoms with E-state index in [0.29, 0.717) is 5.69 Å². The molecule has 0 saturated heterocycles. The minimum atomic E-state index is -4.73. The molecule has 20 heavy (non-hydrogen) atoms. The van der Waals surface area contributed by atoms with Crippen molar-refractivity contribution in [2.24, 2.45) is 11.7 Å². The minimum Gasteiger partial charge on any atom is -0.406 e. The molecule has 0 aliphatic rings. The summed E-state index contributed by atoms with van der Waals surface area (Å²) in [5.74, 6) is -0.772. The van der Waals surface area contributed by atoms with Gasteiger partial charge in [-0.1, -0.05) is 13.8 Å². The number of amides is 1. The lowest BCUT2D eigenvalue weighted by atomic mass is 10.1. The molecule has 0 aromatic heterocycles. The fourth-order valence-corrected chi connectivity index (χ4v) is 1.27. The fraction of sp³-hybridized carbons (Fsp3) is 0.417. The van der Waals surface area contributed by atoms with E-state index in [1.165, 1.54) is 12.1 Å². The van der Waals surface area contributed by atoms with Gasteiger partial charge in [0, 0.05) is 5.69 Å². The fourth-order valence-electron chi connectivity index (χ4n) is 1.27. The second kappa shape index (κ2) is 7.35. The van der Waals surface area contributed by atoms with Crippen LogP contribution in [0.25, 0.3) is 0 Å². The summed E-state index contributed by atoms with van der Waals surface area (Å²) in [7, 11) is 0. The van der Waals surface area contributed by atoms with Gasteiger partial charge in [-0.15, -0.1) is 25.6 Å². The topological polar surface area (TPSA) is 64.4 Å². The first-order valence-electron chi connectivity index (χ1n) is 5.61. The zero-order valence-corrected chi connectivity index (χ0v) is 11.7. The average Bonchev–Trinajstić information content (AvgIpc) is 2.28. The highest BCUT2D eigenvalue weighted by atomic mass is 35.5. The van der Waals surface area contributed by atoms with Crippen LogP contribution in [0.5, 0.6) is 5.75 Å². The molecule has 0 aliphatic heterocycles. The van der Waals surface area contributed by atoms with Crippen molar-refractivity contribution in [1.29, 1.82) is 0 Å². The predicted octanol–water partition coefficient (Wildman–Crippen LogP) is 2.93. The van der Waals surface area contributed by atoms with E-state index in [4.69, 9.17) is 5.73 Å². The molecule has 1 atom stereocenters. The molecule has 8 heteroatoms. The monoisotopic (exact) mass is 312 g/mol. The van der Waals surface area contributed by atoms with Gasteiger partial charge in [-0.25, -0.2) is 0 Å². The van der Waals surface area contributed by atoms with Crippen molar-refractivity contribution >= 4 is 24.0 Å². The molecular weight excluding hydrogens is 297 g/mol. The summed E-state index contributed by atoms with van der Waals surface area (Å²) < 4.78 is 39.5. The number of benzene rings is 1. The van der Waals surface area contributed by atoms with Crippen LogP contribution in [0.1, 0.15) is 13.8 Å². The summed E-state index contributed by atoms with van der Waals surface area (Å²) in [4.78, 5) is 11.6. The van der Waals surface area contributed by atoms with E-state index in [9.17, 15) is 18.0 Å². The van der Waals surface area contributed by atoms with Crippen LogP contribution >= 0.6 is 12.4 Å². The van der Waals surface area contributed by atoms with E-state index in [1.54, 1.807) is 13.8 Å². The first-order valence-corrected chi connectivity index (χ1v) is 5.61. The molecule has 1 amide bonds. The van der Waals surface area contributed by atoms with Gasteiger partial charge in [-0.05, 0) is 30.2 Å². The van der Waals surface area contributed by atoms with E-state index < -0.39 is 12.4 Å². The third-order valence-corrected chi connectivity index (χ3v) is 2.38. The number of anilines is 1. The van der Waals surface area contributed by atoms with Gasteiger partial charge in [0.1, 0.15) is 5.75 Å². The Labute approximate surface area is 120 Å². The molecule has 0 bridgehead atoms. The number of hydrogen-bond donors (Lipinski definition) is 2. The molecule has 1 aromatic carbocycles. The van der Waals surface area contributed by atoms with Crippen molar-refractivity contribution in [3.63, 3.8) is 0 Å². The molecule has 0 aliphatic carbocycles. The van der Waals surface area contributed by atoms with Gasteiger partial charge in [0.15, 0.2) is 0 Å². The van der Waals surface area contributed by atoms with Gasteiger partial charge < -0.3 is 15.8 Å². The molecule has 0 spiro atoms. The Morgan fingerprint density at radius 3 is 2.15 bits per heavy atom. The van der Waals surface area contributed by atoms with Crippen molar-refractivity contribution in [3.05, 3.63) is 24.3 Å². The Kier molecular flexibility index (Phi) is 6.81. The summed E-state index contributed by atoms with van der Waals surface area (Å²) >= 11 is 0. The molecule has 1 unspecified atom stereocenters. The summed E-state index contributed by atoms with van der Waals surface area (Å²) in [6.45, 7) is 3.59. The SMILES string of the molecule is CC(C)C(N)C(=O)Nc1ccc(OC(F)(F)F)cc1.Cl. The van der Waals surface area contributed by atoms with Crippen LogP contribution in [0.3, 0.4) is 0 Å². The standard InChI is InChI=1S/C12H15F3N2O2.ClH/c1-7(2)10(16)11(18)17-8-3-5-9(6-4-8)19-12(13,14)15;/h3-7,10H,16H2,1-2H3,(H,17,18);1H. The first kappa shape index (κ1) is 18.5. The number of carbonyl (C=O) groups excluding carboxylic acids is 1. The zero-order valence-electron chi connectivity index (χ0n) is 10.9. The lowest BCUT2D eigenvalue weighted by Gasteiger charge is -2.15.